The SMILES string of the molecule is CC(C)[C@@H]1CC(O)OC([C@@H](C)[C@H]2CC[C@H]3[C@@H]4C(O)C(O)C5CC(O)(O)CC[C@]5(C)[C@H]4CC[C@]23C)C1. The molecule has 6 heteroatoms. The van der Waals surface area contributed by atoms with Gasteiger partial charge in [-0.05, 0) is 96.7 Å². The molecule has 0 bridgehead atoms. The van der Waals surface area contributed by atoms with Gasteiger partial charge in [-0.25, -0.2) is 0 Å². The Morgan fingerprint density at radius 2 is 1.46 bits per heavy atom. The topological polar surface area (TPSA) is 110 Å². The van der Waals surface area contributed by atoms with Gasteiger partial charge in [-0.2, -0.15) is 0 Å². The van der Waals surface area contributed by atoms with Crippen LogP contribution in [0.4, 0.5) is 0 Å². The van der Waals surface area contributed by atoms with E-state index in [1.54, 1.807) is 0 Å². The highest BCUT2D eigenvalue weighted by Crippen LogP contribution is 2.69. The first kappa shape index (κ1) is 26.4. The molecular weight excluding hydrogens is 444 g/mol. The average molecular weight is 495 g/mol. The second-order valence-electron chi connectivity index (χ2n) is 14.3. The lowest BCUT2D eigenvalue weighted by Crippen LogP contribution is -2.65. The fourth-order valence-corrected chi connectivity index (χ4v) is 10.2. The van der Waals surface area contributed by atoms with Gasteiger partial charge in [0.1, 0.15) is 0 Å². The summed E-state index contributed by atoms with van der Waals surface area (Å²) in [6.07, 6.45) is 4.84. The second kappa shape index (κ2) is 8.91. The van der Waals surface area contributed by atoms with Crippen LogP contribution in [-0.4, -0.2) is 55.9 Å². The van der Waals surface area contributed by atoms with Crippen LogP contribution in [0.5, 0.6) is 0 Å². The molecule has 0 amide bonds. The van der Waals surface area contributed by atoms with E-state index in [-0.39, 0.29) is 35.2 Å². The lowest BCUT2D eigenvalue weighted by molar-refractivity contribution is -0.273. The molecule has 0 spiro atoms. The fraction of sp³-hybridized carbons (Fsp3) is 1.00. The molecule has 13 atom stereocenters. The Kier molecular flexibility index (Phi) is 6.71. The molecule has 0 aromatic heterocycles. The Morgan fingerprint density at radius 1 is 0.771 bits per heavy atom. The minimum absolute atomic E-state index is 0.0494. The molecular formula is C29H50O6. The fourth-order valence-electron chi connectivity index (χ4n) is 10.2. The molecule has 4 saturated carbocycles. The molecule has 5 N–H and O–H groups in total. The van der Waals surface area contributed by atoms with Crippen molar-refractivity contribution in [3.05, 3.63) is 0 Å². The Morgan fingerprint density at radius 3 is 2.14 bits per heavy atom. The predicted molar refractivity (Wildman–Crippen MR) is 133 cm³/mol. The quantitative estimate of drug-likeness (QED) is 0.383. The van der Waals surface area contributed by atoms with Crippen molar-refractivity contribution in [2.24, 2.45) is 58.2 Å². The normalized spacial score (nSPS) is 54.6. The zero-order valence-electron chi connectivity index (χ0n) is 22.4. The molecule has 5 fully saturated rings. The summed E-state index contributed by atoms with van der Waals surface area (Å²) in [5.74, 6) is 0.494. The number of aliphatic hydroxyl groups excluding tert-OH is 3. The van der Waals surface area contributed by atoms with Crippen LogP contribution in [0, 0.1) is 58.2 Å². The smallest absolute Gasteiger partial charge is 0.162 e. The van der Waals surface area contributed by atoms with Crippen molar-refractivity contribution in [2.75, 3.05) is 0 Å². The molecule has 202 valence electrons. The van der Waals surface area contributed by atoms with E-state index < -0.39 is 24.3 Å². The minimum Gasteiger partial charge on any atom is -0.390 e. The van der Waals surface area contributed by atoms with Crippen LogP contribution in [-0.2, 0) is 4.74 Å². The third kappa shape index (κ3) is 4.13. The molecule has 0 radical (unpaired) electrons. The van der Waals surface area contributed by atoms with E-state index in [9.17, 15) is 25.5 Å². The Hall–Kier alpha value is -0.240. The molecule has 6 nitrogen and oxygen atoms in total. The highest BCUT2D eigenvalue weighted by Gasteiger charge is 2.66. The van der Waals surface area contributed by atoms with Gasteiger partial charge in [0.15, 0.2) is 12.1 Å². The molecule has 4 aliphatic carbocycles. The van der Waals surface area contributed by atoms with Gasteiger partial charge in [-0.1, -0.05) is 34.6 Å². The second-order valence-corrected chi connectivity index (χ2v) is 14.3. The van der Waals surface area contributed by atoms with Crippen LogP contribution in [0.1, 0.15) is 92.4 Å². The van der Waals surface area contributed by atoms with Crippen LogP contribution < -0.4 is 0 Å². The summed E-state index contributed by atoms with van der Waals surface area (Å²) in [7, 11) is 0. The molecule has 1 heterocycles. The van der Waals surface area contributed by atoms with Crippen LogP contribution in [0.15, 0.2) is 0 Å². The average Bonchev–Trinajstić information content (AvgIpc) is 3.14. The van der Waals surface area contributed by atoms with E-state index in [1.165, 1.54) is 0 Å². The molecule has 35 heavy (non-hydrogen) atoms. The van der Waals surface area contributed by atoms with Crippen LogP contribution in [0.3, 0.4) is 0 Å². The van der Waals surface area contributed by atoms with Gasteiger partial charge < -0.3 is 30.3 Å². The lowest BCUT2D eigenvalue weighted by atomic mass is 9.43. The predicted octanol–water partition coefficient (Wildman–Crippen LogP) is 3.67. The first-order chi connectivity index (χ1) is 16.3. The zero-order valence-corrected chi connectivity index (χ0v) is 22.4. The largest absolute Gasteiger partial charge is 0.390 e. The van der Waals surface area contributed by atoms with E-state index in [2.05, 4.69) is 34.6 Å². The summed E-state index contributed by atoms with van der Waals surface area (Å²) in [6.45, 7) is 11.5. The van der Waals surface area contributed by atoms with Crippen LogP contribution in [0.25, 0.3) is 0 Å². The first-order valence-corrected chi connectivity index (χ1v) is 14.4. The third-order valence-corrected chi connectivity index (χ3v) is 12.4. The molecule has 1 saturated heterocycles. The first-order valence-electron chi connectivity index (χ1n) is 14.4. The van der Waals surface area contributed by atoms with E-state index in [0.29, 0.717) is 48.3 Å². The van der Waals surface area contributed by atoms with Gasteiger partial charge in [-0.15, -0.1) is 0 Å². The third-order valence-electron chi connectivity index (χ3n) is 12.4. The maximum atomic E-state index is 11.5. The lowest BCUT2D eigenvalue weighted by Gasteiger charge is -2.64. The number of hydrogen-bond donors (Lipinski definition) is 5. The van der Waals surface area contributed by atoms with Gasteiger partial charge in [0.2, 0.25) is 0 Å². The number of rotatable bonds is 3. The molecule has 0 aromatic carbocycles. The summed E-state index contributed by atoms with van der Waals surface area (Å²) >= 11 is 0. The molecule has 5 unspecified atom stereocenters. The monoisotopic (exact) mass is 494 g/mol. The van der Waals surface area contributed by atoms with Crippen molar-refractivity contribution >= 4 is 0 Å². The Bertz CT molecular complexity index is 785. The van der Waals surface area contributed by atoms with Crippen molar-refractivity contribution in [1.29, 1.82) is 0 Å². The van der Waals surface area contributed by atoms with Crippen molar-refractivity contribution in [1.82, 2.24) is 0 Å². The summed E-state index contributed by atoms with van der Waals surface area (Å²) < 4.78 is 6.14. The highest BCUT2D eigenvalue weighted by atomic mass is 16.6. The minimum atomic E-state index is -1.74. The zero-order chi connectivity index (χ0) is 25.5. The molecule has 0 aromatic rings. The highest BCUT2D eigenvalue weighted by molar-refractivity contribution is 5.14. The maximum Gasteiger partial charge on any atom is 0.162 e. The number of hydrogen-bond acceptors (Lipinski definition) is 6. The number of ether oxygens (including phenoxy) is 1. The van der Waals surface area contributed by atoms with Crippen molar-refractivity contribution in [3.8, 4) is 0 Å². The van der Waals surface area contributed by atoms with Crippen LogP contribution in [0.2, 0.25) is 0 Å². The molecule has 1 aliphatic heterocycles. The van der Waals surface area contributed by atoms with Gasteiger partial charge in [0.05, 0.1) is 18.3 Å². The van der Waals surface area contributed by atoms with Gasteiger partial charge >= 0.3 is 0 Å². The molecule has 5 aliphatic rings. The Balaban J connectivity index is 1.39. The van der Waals surface area contributed by atoms with E-state index in [1.807, 2.05) is 0 Å². The van der Waals surface area contributed by atoms with E-state index in [4.69, 9.17) is 4.74 Å². The summed E-state index contributed by atoms with van der Waals surface area (Å²) in [5.41, 5.74) is -0.0969. The van der Waals surface area contributed by atoms with Crippen LogP contribution >= 0.6 is 0 Å². The Labute approximate surface area is 211 Å². The van der Waals surface area contributed by atoms with Crippen molar-refractivity contribution < 1.29 is 30.3 Å². The summed E-state index contributed by atoms with van der Waals surface area (Å²) in [4.78, 5) is 0. The van der Waals surface area contributed by atoms with Crippen molar-refractivity contribution in [3.63, 3.8) is 0 Å². The number of fused-ring (bicyclic) bond motifs is 5. The van der Waals surface area contributed by atoms with Gasteiger partial charge in [0.25, 0.3) is 0 Å². The maximum absolute atomic E-state index is 11.5. The van der Waals surface area contributed by atoms with E-state index in [0.717, 1.165) is 38.5 Å². The standard InChI is InChI=1S/C29H50O6/c1-15(2)17-12-22(35-23(30)13-17)16(3)18-6-7-19-24-20(8-9-27(18,19)4)28(5)10-11-29(33,34)14-21(28)25(31)26(24)32/h15-26,30-34H,6-14H2,1-5H3/t16-,17-,18+,19-,20-,21?,22?,23?,24-,25?,26?,27+,28+/m0/s1. The summed E-state index contributed by atoms with van der Waals surface area (Å²) in [5, 5.41) is 53.9. The summed E-state index contributed by atoms with van der Waals surface area (Å²) in [6, 6.07) is 0. The van der Waals surface area contributed by atoms with Gasteiger partial charge in [0, 0.05) is 19.3 Å². The number of aliphatic hydroxyl groups is 5. The van der Waals surface area contributed by atoms with E-state index >= 15 is 0 Å². The van der Waals surface area contributed by atoms with Gasteiger partial charge in [-0.3, -0.25) is 0 Å². The molecule has 5 rings (SSSR count). The van der Waals surface area contributed by atoms with Crippen molar-refractivity contribution in [2.45, 2.75) is 123 Å².